The van der Waals surface area contributed by atoms with Gasteiger partial charge in [0.15, 0.2) is 5.82 Å². The van der Waals surface area contributed by atoms with Crippen molar-refractivity contribution in [1.29, 1.82) is 0 Å². The van der Waals surface area contributed by atoms with Gasteiger partial charge in [-0.05, 0) is 28.1 Å². The fourth-order valence-corrected chi connectivity index (χ4v) is 0.969. The van der Waals surface area contributed by atoms with E-state index < -0.39 is 0 Å². The summed E-state index contributed by atoms with van der Waals surface area (Å²) in [4.78, 5) is 11.1. The molecule has 1 heterocycles. The Bertz CT molecular complexity index is 324. The second kappa shape index (κ2) is 3.88. The van der Waals surface area contributed by atoms with Crippen LogP contribution in [0.2, 0.25) is 5.15 Å². The summed E-state index contributed by atoms with van der Waals surface area (Å²) in [7, 11) is 0. The number of hydrogen-bond acceptors (Lipinski definition) is 4. The van der Waals surface area contributed by atoms with E-state index in [-0.39, 0.29) is 0 Å². The van der Waals surface area contributed by atoms with E-state index in [4.69, 9.17) is 11.6 Å². The second-order valence-electron chi connectivity index (χ2n) is 1.51. The lowest BCUT2D eigenvalue weighted by atomic mass is 10.6. The first-order valence-electron chi connectivity index (χ1n) is 2.49. The third kappa shape index (κ3) is 2.04. The van der Waals surface area contributed by atoms with E-state index in [1.54, 1.807) is 0 Å². The molecule has 3 nitrogen and oxygen atoms in total. The SMILES string of the molecule is S=C=Nc1ncnc(Cl)c1Br. The van der Waals surface area contributed by atoms with Gasteiger partial charge in [-0.3, -0.25) is 0 Å². The third-order valence-electron chi connectivity index (χ3n) is 0.880. The number of aliphatic imine (C=N–C) groups is 1. The first-order valence-corrected chi connectivity index (χ1v) is 4.07. The molecule has 0 aliphatic carbocycles. The highest BCUT2D eigenvalue weighted by atomic mass is 79.9. The fourth-order valence-electron chi connectivity index (χ4n) is 0.461. The van der Waals surface area contributed by atoms with Crippen LogP contribution in [0, 0.1) is 0 Å². The van der Waals surface area contributed by atoms with E-state index in [1.807, 2.05) is 0 Å². The predicted molar refractivity (Wildman–Crippen MR) is 49.4 cm³/mol. The molecule has 0 radical (unpaired) electrons. The zero-order valence-corrected chi connectivity index (χ0v) is 8.24. The molecule has 0 aliphatic heterocycles. The minimum absolute atomic E-state index is 0.309. The van der Waals surface area contributed by atoms with Gasteiger partial charge in [0, 0.05) is 0 Å². The van der Waals surface area contributed by atoms with Crippen molar-refractivity contribution in [2.45, 2.75) is 0 Å². The highest BCUT2D eigenvalue weighted by molar-refractivity contribution is 9.10. The van der Waals surface area contributed by atoms with E-state index in [1.165, 1.54) is 6.33 Å². The number of hydrogen-bond donors (Lipinski definition) is 0. The topological polar surface area (TPSA) is 38.1 Å². The van der Waals surface area contributed by atoms with Crippen molar-refractivity contribution in [3.63, 3.8) is 0 Å². The molecular weight excluding hydrogens is 250 g/mol. The van der Waals surface area contributed by atoms with Crippen LogP contribution >= 0.6 is 39.7 Å². The van der Waals surface area contributed by atoms with Gasteiger partial charge in [-0.15, -0.1) is 0 Å². The van der Waals surface area contributed by atoms with E-state index in [2.05, 4.69) is 48.3 Å². The summed E-state index contributed by atoms with van der Waals surface area (Å²) < 4.78 is 0.527. The maximum atomic E-state index is 5.63. The van der Waals surface area contributed by atoms with Gasteiger partial charge in [0.25, 0.3) is 0 Å². The Morgan fingerprint density at radius 2 is 2.36 bits per heavy atom. The van der Waals surface area contributed by atoms with Crippen molar-refractivity contribution in [1.82, 2.24) is 9.97 Å². The normalized spacial score (nSPS) is 8.91. The summed E-state index contributed by atoms with van der Waals surface area (Å²) in [6, 6.07) is 0. The van der Waals surface area contributed by atoms with E-state index in [0.29, 0.717) is 15.4 Å². The lowest BCUT2D eigenvalue weighted by molar-refractivity contribution is 1.14. The zero-order chi connectivity index (χ0) is 8.27. The molecule has 56 valence electrons. The van der Waals surface area contributed by atoms with Crippen LogP contribution < -0.4 is 0 Å². The molecular formula is C5HBrClN3S. The minimum atomic E-state index is 0.309. The average Bonchev–Trinajstić information content (AvgIpc) is 1.99. The standard InChI is InChI=1S/C5HBrClN3S/c6-3-4(7)8-1-9-5(3)10-2-11/h1H. The molecule has 0 unspecified atom stereocenters. The lowest BCUT2D eigenvalue weighted by Crippen LogP contribution is -1.80. The number of isothiocyanates is 1. The van der Waals surface area contributed by atoms with Crippen LogP contribution in [0.15, 0.2) is 15.8 Å². The summed E-state index contributed by atoms with van der Waals surface area (Å²) >= 11 is 13.2. The van der Waals surface area contributed by atoms with Crippen molar-refractivity contribution >= 4 is 50.7 Å². The monoisotopic (exact) mass is 249 g/mol. The van der Waals surface area contributed by atoms with Gasteiger partial charge in [0.05, 0.1) is 5.16 Å². The first-order chi connectivity index (χ1) is 5.25. The van der Waals surface area contributed by atoms with Crippen LogP contribution in [0.4, 0.5) is 5.82 Å². The molecule has 0 bridgehead atoms. The van der Waals surface area contributed by atoms with Crippen LogP contribution in [0.3, 0.4) is 0 Å². The summed E-state index contributed by atoms with van der Waals surface area (Å²) in [6.45, 7) is 0. The van der Waals surface area contributed by atoms with Crippen molar-refractivity contribution in [3.8, 4) is 0 Å². The smallest absolute Gasteiger partial charge is 0.181 e. The predicted octanol–water partition coefficient (Wildman–Crippen LogP) is 2.63. The molecule has 0 N–H and O–H groups in total. The number of rotatable bonds is 1. The fraction of sp³-hybridized carbons (Fsp3) is 0. The summed E-state index contributed by atoms with van der Waals surface area (Å²) in [6.07, 6.45) is 1.30. The molecule has 0 saturated carbocycles. The highest BCUT2D eigenvalue weighted by Gasteiger charge is 2.03. The highest BCUT2D eigenvalue weighted by Crippen LogP contribution is 2.27. The van der Waals surface area contributed by atoms with Crippen molar-refractivity contribution < 1.29 is 0 Å². The molecule has 11 heavy (non-hydrogen) atoms. The molecule has 0 fully saturated rings. The Hall–Kier alpha value is -0.350. The molecule has 6 heteroatoms. The quantitative estimate of drug-likeness (QED) is 0.437. The zero-order valence-electron chi connectivity index (χ0n) is 5.08. The van der Waals surface area contributed by atoms with E-state index in [0.717, 1.165) is 0 Å². The Morgan fingerprint density at radius 1 is 1.64 bits per heavy atom. The Morgan fingerprint density at radius 3 is 3.00 bits per heavy atom. The molecule has 0 aromatic carbocycles. The number of halogens is 2. The van der Waals surface area contributed by atoms with Crippen LogP contribution in [-0.2, 0) is 0 Å². The first kappa shape index (κ1) is 8.74. The van der Waals surface area contributed by atoms with Gasteiger partial charge in [0.2, 0.25) is 0 Å². The summed E-state index contributed by atoms with van der Waals surface area (Å²) in [5.74, 6) is 0.389. The van der Waals surface area contributed by atoms with Crippen molar-refractivity contribution in [3.05, 3.63) is 16.0 Å². The van der Waals surface area contributed by atoms with Gasteiger partial charge in [-0.1, -0.05) is 11.6 Å². The minimum Gasteiger partial charge on any atom is -0.223 e. The largest absolute Gasteiger partial charge is 0.223 e. The molecule has 0 atom stereocenters. The summed E-state index contributed by atoms with van der Waals surface area (Å²) in [5.41, 5.74) is 0. The van der Waals surface area contributed by atoms with Gasteiger partial charge in [-0.2, -0.15) is 4.99 Å². The molecule has 0 spiro atoms. The molecule has 1 aromatic rings. The molecule has 0 amide bonds. The Kier molecular flexibility index (Phi) is 3.08. The van der Waals surface area contributed by atoms with Crippen LogP contribution in [0.25, 0.3) is 0 Å². The Balaban J connectivity index is 3.26. The van der Waals surface area contributed by atoms with Gasteiger partial charge >= 0.3 is 0 Å². The Labute approximate surface area is 81.7 Å². The van der Waals surface area contributed by atoms with Crippen LogP contribution in [-0.4, -0.2) is 15.1 Å². The number of nitrogens with zero attached hydrogens (tertiary/aromatic N) is 3. The molecule has 1 rings (SSSR count). The van der Waals surface area contributed by atoms with Crippen LogP contribution in [0.1, 0.15) is 0 Å². The van der Waals surface area contributed by atoms with Gasteiger partial charge in [-0.25, -0.2) is 9.97 Å². The van der Waals surface area contributed by atoms with Crippen LogP contribution in [0.5, 0.6) is 0 Å². The maximum Gasteiger partial charge on any atom is 0.181 e. The second-order valence-corrected chi connectivity index (χ2v) is 2.84. The number of thiocarbonyl (C=S) groups is 1. The molecule has 0 aliphatic rings. The lowest BCUT2D eigenvalue weighted by Gasteiger charge is -1.94. The summed E-state index contributed by atoms with van der Waals surface area (Å²) in [5, 5.41) is 2.49. The molecule has 1 aromatic heterocycles. The average molecular weight is 251 g/mol. The van der Waals surface area contributed by atoms with Crippen molar-refractivity contribution in [2.24, 2.45) is 4.99 Å². The van der Waals surface area contributed by atoms with Crippen molar-refractivity contribution in [2.75, 3.05) is 0 Å². The number of aromatic nitrogens is 2. The van der Waals surface area contributed by atoms with Gasteiger partial charge in [0.1, 0.15) is 16.0 Å². The van der Waals surface area contributed by atoms with E-state index >= 15 is 0 Å². The molecule has 0 saturated heterocycles. The third-order valence-corrected chi connectivity index (χ3v) is 2.22. The van der Waals surface area contributed by atoms with Gasteiger partial charge < -0.3 is 0 Å². The van der Waals surface area contributed by atoms with E-state index in [9.17, 15) is 0 Å². The maximum absolute atomic E-state index is 5.63.